The summed E-state index contributed by atoms with van der Waals surface area (Å²) in [6, 6.07) is 1.92. The highest BCUT2D eigenvalue weighted by molar-refractivity contribution is 9.10. The highest BCUT2D eigenvalue weighted by Crippen LogP contribution is 2.11. The van der Waals surface area contributed by atoms with Crippen LogP contribution in [0.1, 0.15) is 19.4 Å². The summed E-state index contributed by atoms with van der Waals surface area (Å²) in [6.07, 6.45) is 3.92. The standard InChI is InChI=1S/C10H12BrNO/c1-7(2)10(13)4-8-3-9(11)6-12-5-8/h3,5-7H,4H2,1-2H3. The van der Waals surface area contributed by atoms with E-state index in [2.05, 4.69) is 20.9 Å². The molecular weight excluding hydrogens is 230 g/mol. The molecule has 0 spiro atoms. The highest BCUT2D eigenvalue weighted by atomic mass is 79.9. The number of carbonyl (C=O) groups is 1. The van der Waals surface area contributed by atoms with Crippen molar-refractivity contribution in [1.29, 1.82) is 0 Å². The van der Waals surface area contributed by atoms with Gasteiger partial charge in [0.25, 0.3) is 0 Å². The van der Waals surface area contributed by atoms with Crippen LogP contribution in [-0.2, 0) is 11.2 Å². The molecule has 0 saturated carbocycles. The normalized spacial score (nSPS) is 10.5. The second-order valence-corrected chi connectivity index (χ2v) is 4.22. The van der Waals surface area contributed by atoms with E-state index in [9.17, 15) is 4.79 Å². The van der Waals surface area contributed by atoms with Crippen molar-refractivity contribution in [3.8, 4) is 0 Å². The summed E-state index contributed by atoms with van der Waals surface area (Å²) in [5.74, 6) is 0.346. The van der Waals surface area contributed by atoms with Crippen molar-refractivity contribution in [1.82, 2.24) is 4.98 Å². The van der Waals surface area contributed by atoms with E-state index >= 15 is 0 Å². The number of pyridine rings is 1. The molecule has 2 nitrogen and oxygen atoms in total. The molecule has 1 aromatic rings. The molecule has 3 heteroatoms. The fraction of sp³-hybridized carbons (Fsp3) is 0.400. The molecule has 1 heterocycles. The van der Waals surface area contributed by atoms with Gasteiger partial charge in [0.15, 0.2) is 0 Å². The first kappa shape index (κ1) is 10.4. The minimum atomic E-state index is 0.0963. The SMILES string of the molecule is CC(C)C(=O)Cc1cncc(Br)c1. The van der Waals surface area contributed by atoms with Gasteiger partial charge in [0.05, 0.1) is 0 Å². The summed E-state index contributed by atoms with van der Waals surface area (Å²) in [6.45, 7) is 3.82. The lowest BCUT2D eigenvalue weighted by Crippen LogP contribution is -2.10. The predicted octanol–water partition coefficient (Wildman–Crippen LogP) is 2.61. The number of ketones is 1. The van der Waals surface area contributed by atoms with E-state index in [1.807, 2.05) is 19.9 Å². The summed E-state index contributed by atoms with van der Waals surface area (Å²) in [4.78, 5) is 15.4. The molecule has 0 aliphatic heterocycles. The van der Waals surface area contributed by atoms with Crippen molar-refractivity contribution in [3.63, 3.8) is 0 Å². The fourth-order valence-electron chi connectivity index (χ4n) is 0.958. The highest BCUT2D eigenvalue weighted by Gasteiger charge is 2.08. The molecule has 13 heavy (non-hydrogen) atoms. The topological polar surface area (TPSA) is 30.0 Å². The van der Waals surface area contributed by atoms with Gasteiger partial charge < -0.3 is 0 Å². The van der Waals surface area contributed by atoms with Gasteiger partial charge in [0.1, 0.15) is 5.78 Å². The average molecular weight is 242 g/mol. The zero-order chi connectivity index (χ0) is 9.84. The van der Waals surface area contributed by atoms with Crippen LogP contribution in [0.4, 0.5) is 0 Å². The minimum Gasteiger partial charge on any atom is -0.299 e. The van der Waals surface area contributed by atoms with Crippen molar-refractivity contribution in [3.05, 3.63) is 28.5 Å². The van der Waals surface area contributed by atoms with Crippen LogP contribution in [0, 0.1) is 5.92 Å². The molecule has 0 radical (unpaired) electrons. The van der Waals surface area contributed by atoms with Crippen molar-refractivity contribution in [2.24, 2.45) is 5.92 Å². The van der Waals surface area contributed by atoms with Crippen molar-refractivity contribution >= 4 is 21.7 Å². The number of aromatic nitrogens is 1. The van der Waals surface area contributed by atoms with Crippen LogP contribution in [0.15, 0.2) is 22.9 Å². The van der Waals surface area contributed by atoms with Crippen molar-refractivity contribution < 1.29 is 4.79 Å². The van der Waals surface area contributed by atoms with Crippen LogP contribution in [-0.4, -0.2) is 10.8 Å². The minimum absolute atomic E-state index is 0.0963. The van der Waals surface area contributed by atoms with Crippen LogP contribution >= 0.6 is 15.9 Å². The van der Waals surface area contributed by atoms with E-state index in [1.165, 1.54) is 0 Å². The van der Waals surface area contributed by atoms with Crippen LogP contribution in [0.3, 0.4) is 0 Å². The molecule has 70 valence electrons. The molecule has 0 aromatic carbocycles. The Kier molecular flexibility index (Phi) is 3.60. The first-order valence-corrected chi connectivity index (χ1v) is 5.01. The molecule has 0 N–H and O–H groups in total. The van der Waals surface area contributed by atoms with Crippen molar-refractivity contribution in [2.45, 2.75) is 20.3 Å². The Labute approximate surface area is 86.5 Å². The maximum Gasteiger partial charge on any atom is 0.139 e. The third kappa shape index (κ3) is 3.27. The molecule has 0 aliphatic rings. The largest absolute Gasteiger partial charge is 0.299 e. The van der Waals surface area contributed by atoms with E-state index in [0.29, 0.717) is 6.42 Å². The Balaban J connectivity index is 2.69. The number of rotatable bonds is 3. The van der Waals surface area contributed by atoms with Gasteiger partial charge in [-0.15, -0.1) is 0 Å². The van der Waals surface area contributed by atoms with E-state index in [-0.39, 0.29) is 11.7 Å². The van der Waals surface area contributed by atoms with E-state index in [1.54, 1.807) is 12.4 Å². The Morgan fingerprint density at radius 3 is 2.77 bits per heavy atom. The van der Waals surface area contributed by atoms with Crippen LogP contribution in [0.2, 0.25) is 0 Å². The van der Waals surface area contributed by atoms with Crippen LogP contribution < -0.4 is 0 Å². The number of halogens is 1. The van der Waals surface area contributed by atoms with Gasteiger partial charge in [-0.3, -0.25) is 9.78 Å². The first-order valence-electron chi connectivity index (χ1n) is 4.21. The summed E-state index contributed by atoms with van der Waals surface area (Å²) >= 11 is 3.32. The maximum absolute atomic E-state index is 11.4. The number of carbonyl (C=O) groups excluding carboxylic acids is 1. The molecule has 0 aliphatic carbocycles. The van der Waals surface area contributed by atoms with Gasteiger partial charge in [-0.1, -0.05) is 13.8 Å². The maximum atomic E-state index is 11.4. The summed E-state index contributed by atoms with van der Waals surface area (Å²) < 4.78 is 0.918. The molecular formula is C10H12BrNO. The van der Waals surface area contributed by atoms with Crippen LogP contribution in [0.25, 0.3) is 0 Å². The monoisotopic (exact) mass is 241 g/mol. The van der Waals surface area contributed by atoms with E-state index < -0.39 is 0 Å². The Hall–Kier alpha value is -0.700. The molecule has 0 saturated heterocycles. The molecule has 1 rings (SSSR count). The van der Waals surface area contributed by atoms with Crippen molar-refractivity contribution in [2.75, 3.05) is 0 Å². The number of nitrogens with zero attached hydrogens (tertiary/aromatic N) is 1. The van der Waals surface area contributed by atoms with Gasteiger partial charge in [0.2, 0.25) is 0 Å². The van der Waals surface area contributed by atoms with Gasteiger partial charge >= 0.3 is 0 Å². The van der Waals surface area contributed by atoms with Gasteiger partial charge in [-0.25, -0.2) is 0 Å². The molecule has 0 unspecified atom stereocenters. The Morgan fingerprint density at radius 1 is 1.54 bits per heavy atom. The summed E-state index contributed by atoms with van der Waals surface area (Å²) in [5.41, 5.74) is 0.966. The Bertz CT molecular complexity index is 310. The second kappa shape index (κ2) is 4.51. The van der Waals surface area contributed by atoms with Gasteiger partial charge in [0, 0.05) is 29.2 Å². The van der Waals surface area contributed by atoms with Gasteiger partial charge in [-0.05, 0) is 27.6 Å². The Morgan fingerprint density at radius 2 is 2.23 bits per heavy atom. The number of hydrogen-bond acceptors (Lipinski definition) is 2. The quantitative estimate of drug-likeness (QED) is 0.815. The lowest BCUT2D eigenvalue weighted by atomic mass is 10.0. The zero-order valence-corrected chi connectivity index (χ0v) is 9.34. The van der Waals surface area contributed by atoms with E-state index in [0.717, 1.165) is 10.0 Å². The fourth-order valence-corrected chi connectivity index (χ4v) is 1.37. The van der Waals surface area contributed by atoms with Crippen LogP contribution in [0.5, 0.6) is 0 Å². The second-order valence-electron chi connectivity index (χ2n) is 3.31. The molecule has 0 bridgehead atoms. The number of Topliss-reactive ketones (excluding diaryl/α,β-unsaturated/α-hetero) is 1. The third-order valence-corrected chi connectivity index (χ3v) is 2.22. The zero-order valence-electron chi connectivity index (χ0n) is 7.75. The molecule has 0 fully saturated rings. The smallest absolute Gasteiger partial charge is 0.139 e. The first-order chi connectivity index (χ1) is 6.09. The predicted molar refractivity (Wildman–Crippen MR) is 55.5 cm³/mol. The van der Waals surface area contributed by atoms with Gasteiger partial charge in [-0.2, -0.15) is 0 Å². The third-order valence-electron chi connectivity index (χ3n) is 1.78. The lowest BCUT2D eigenvalue weighted by molar-refractivity contribution is -0.121. The molecule has 0 atom stereocenters. The molecule has 1 aromatic heterocycles. The molecule has 0 amide bonds. The summed E-state index contributed by atoms with van der Waals surface area (Å²) in [5, 5.41) is 0. The lowest BCUT2D eigenvalue weighted by Gasteiger charge is -2.03. The summed E-state index contributed by atoms with van der Waals surface area (Å²) in [7, 11) is 0. The average Bonchev–Trinajstić information content (AvgIpc) is 2.04. The number of hydrogen-bond donors (Lipinski definition) is 0. The van der Waals surface area contributed by atoms with E-state index in [4.69, 9.17) is 0 Å².